The Bertz CT molecular complexity index is 1260. The lowest BCUT2D eigenvalue weighted by atomic mass is 10.0. The van der Waals surface area contributed by atoms with E-state index in [0.717, 1.165) is 16.7 Å². The van der Waals surface area contributed by atoms with Crippen LogP contribution in [0.15, 0.2) is 82.4 Å². The maximum Gasteiger partial charge on any atom is 0.407 e. The second-order valence-electron chi connectivity index (χ2n) is 7.57. The highest BCUT2D eigenvalue weighted by Crippen LogP contribution is 2.26. The van der Waals surface area contributed by atoms with Crippen LogP contribution in [0, 0.1) is 11.3 Å². The standard InChI is InChI=1S/C27H25BrN4O4/c1-2-35-27(34)31-24(20-8-4-3-5-9-20)15-26(33)32-30-17-19-12-13-25(23(28)14-19)36-18-22-11-7-6-10-21(22)16-29/h3-14,17,24H,2,15,18H2,1H3,(H,31,34)(H,32,33)/b30-17-/t24-/m0/s1. The fourth-order valence-electron chi connectivity index (χ4n) is 3.29. The first-order chi connectivity index (χ1) is 17.5. The molecule has 9 heteroatoms. The number of carbonyl (C=O) groups excluding carboxylic acids is 2. The minimum Gasteiger partial charge on any atom is -0.488 e. The normalized spacial score (nSPS) is 11.4. The van der Waals surface area contributed by atoms with Crippen LogP contribution < -0.4 is 15.5 Å². The Morgan fingerprint density at radius 2 is 1.86 bits per heavy atom. The first-order valence-corrected chi connectivity index (χ1v) is 12.0. The largest absolute Gasteiger partial charge is 0.488 e. The molecular weight excluding hydrogens is 524 g/mol. The number of rotatable bonds is 10. The smallest absolute Gasteiger partial charge is 0.407 e. The number of nitriles is 1. The van der Waals surface area contributed by atoms with Gasteiger partial charge in [0.1, 0.15) is 12.4 Å². The van der Waals surface area contributed by atoms with Crippen molar-refractivity contribution in [3.05, 3.63) is 99.5 Å². The maximum absolute atomic E-state index is 12.5. The van der Waals surface area contributed by atoms with Crippen LogP contribution >= 0.6 is 15.9 Å². The fourth-order valence-corrected chi connectivity index (χ4v) is 3.80. The number of hydrogen-bond donors (Lipinski definition) is 2. The zero-order valence-electron chi connectivity index (χ0n) is 19.6. The van der Waals surface area contributed by atoms with Crippen molar-refractivity contribution >= 4 is 34.1 Å². The van der Waals surface area contributed by atoms with E-state index in [1.54, 1.807) is 31.2 Å². The quantitative estimate of drug-likeness (QED) is 0.266. The van der Waals surface area contributed by atoms with Gasteiger partial charge in [-0.15, -0.1) is 0 Å². The highest BCUT2D eigenvalue weighted by Gasteiger charge is 2.18. The number of hydrogen-bond acceptors (Lipinski definition) is 6. The zero-order valence-corrected chi connectivity index (χ0v) is 21.2. The molecular formula is C27H25BrN4O4. The van der Waals surface area contributed by atoms with Crippen LogP contribution in [0.2, 0.25) is 0 Å². The van der Waals surface area contributed by atoms with E-state index < -0.39 is 12.1 Å². The lowest BCUT2D eigenvalue weighted by molar-refractivity contribution is -0.121. The molecule has 2 amide bonds. The Balaban J connectivity index is 1.57. The Hall–Kier alpha value is -4.16. The van der Waals surface area contributed by atoms with Gasteiger partial charge in [-0.05, 0) is 58.2 Å². The van der Waals surface area contributed by atoms with E-state index in [9.17, 15) is 14.9 Å². The van der Waals surface area contributed by atoms with Crippen molar-refractivity contribution in [3.8, 4) is 11.8 Å². The fraction of sp³-hybridized carbons (Fsp3) is 0.185. The molecule has 0 saturated heterocycles. The molecule has 3 rings (SSSR count). The Labute approximate surface area is 218 Å². The van der Waals surface area contributed by atoms with Crippen molar-refractivity contribution < 1.29 is 19.1 Å². The van der Waals surface area contributed by atoms with Crippen molar-refractivity contribution in [2.24, 2.45) is 5.10 Å². The highest BCUT2D eigenvalue weighted by atomic mass is 79.9. The number of carbonyl (C=O) groups is 2. The van der Waals surface area contributed by atoms with E-state index in [2.05, 4.69) is 37.8 Å². The van der Waals surface area contributed by atoms with Gasteiger partial charge in [0.05, 0.1) is 41.4 Å². The molecule has 0 fully saturated rings. The molecule has 0 aromatic heterocycles. The van der Waals surface area contributed by atoms with E-state index in [-0.39, 0.29) is 25.5 Å². The average Bonchev–Trinajstić information content (AvgIpc) is 2.88. The Kier molecular flexibility index (Phi) is 10.0. The summed E-state index contributed by atoms with van der Waals surface area (Å²) in [4.78, 5) is 24.4. The minimum atomic E-state index is -0.592. The zero-order chi connectivity index (χ0) is 25.8. The summed E-state index contributed by atoms with van der Waals surface area (Å²) in [7, 11) is 0. The summed E-state index contributed by atoms with van der Waals surface area (Å²) in [5.41, 5.74) is 5.37. The molecule has 0 unspecified atom stereocenters. The lowest BCUT2D eigenvalue weighted by Crippen LogP contribution is -2.33. The van der Waals surface area contributed by atoms with Crippen LogP contribution in [-0.4, -0.2) is 24.8 Å². The summed E-state index contributed by atoms with van der Waals surface area (Å²) in [6.45, 7) is 2.20. The summed E-state index contributed by atoms with van der Waals surface area (Å²) in [5, 5.41) is 15.9. The number of halogens is 1. The summed E-state index contributed by atoms with van der Waals surface area (Å²) in [5.74, 6) is 0.242. The third-order valence-corrected chi connectivity index (χ3v) is 5.66. The first-order valence-electron chi connectivity index (χ1n) is 11.2. The Morgan fingerprint density at radius 3 is 2.58 bits per heavy atom. The van der Waals surface area contributed by atoms with Gasteiger partial charge in [-0.1, -0.05) is 48.5 Å². The second kappa shape index (κ2) is 13.7. The van der Waals surface area contributed by atoms with Gasteiger partial charge in [-0.2, -0.15) is 10.4 Å². The summed E-state index contributed by atoms with van der Waals surface area (Å²) in [6.07, 6.45) is 0.903. The number of amides is 2. The molecule has 3 aromatic carbocycles. The predicted molar refractivity (Wildman–Crippen MR) is 139 cm³/mol. The molecule has 0 bridgehead atoms. The van der Waals surface area contributed by atoms with E-state index in [0.29, 0.717) is 15.8 Å². The molecule has 1 atom stereocenters. The molecule has 36 heavy (non-hydrogen) atoms. The summed E-state index contributed by atoms with van der Waals surface area (Å²) >= 11 is 3.48. The van der Waals surface area contributed by atoms with Gasteiger partial charge in [-0.3, -0.25) is 4.79 Å². The van der Waals surface area contributed by atoms with E-state index in [4.69, 9.17) is 9.47 Å². The van der Waals surface area contributed by atoms with Crippen LogP contribution in [0.3, 0.4) is 0 Å². The number of nitrogens with zero attached hydrogens (tertiary/aromatic N) is 2. The third-order valence-electron chi connectivity index (χ3n) is 5.04. The first kappa shape index (κ1) is 26.4. The van der Waals surface area contributed by atoms with Gasteiger partial charge in [0.2, 0.25) is 5.91 Å². The van der Waals surface area contributed by atoms with E-state index in [1.807, 2.05) is 48.5 Å². The Morgan fingerprint density at radius 1 is 1.11 bits per heavy atom. The molecule has 2 N–H and O–H groups in total. The predicted octanol–water partition coefficient (Wildman–Crippen LogP) is 5.23. The molecule has 0 aliphatic rings. The molecule has 0 aliphatic carbocycles. The molecule has 0 saturated carbocycles. The van der Waals surface area contributed by atoms with Crippen LogP contribution in [-0.2, 0) is 16.1 Å². The van der Waals surface area contributed by atoms with Crippen molar-refractivity contribution in [3.63, 3.8) is 0 Å². The molecule has 0 heterocycles. The van der Waals surface area contributed by atoms with Crippen molar-refractivity contribution in [2.45, 2.75) is 26.0 Å². The molecule has 8 nitrogen and oxygen atoms in total. The SMILES string of the molecule is CCOC(=O)N[C@@H](CC(=O)N/N=C\c1ccc(OCc2ccccc2C#N)c(Br)c1)c1ccccc1. The molecule has 0 radical (unpaired) electrons. The van der Waals surface area contributed by atoms with Gasteiger partial charge in [0, 0.05) is 5.56 Å². The minimum absolute atomic E-state index is 0.0131. The number of alkyl carbamates (subject to hydrolysis) is 1. The number of benzene rings is 3. The number of nitrogens with one attached hydrogen (secondary N) is 2. The second-order valence-corrected chi connectivity index (χ2v) is 8.43. The molecule has 184 valence electrons. The van der Waals surface area contributed by atoms with Crippen LogP contribution in [0.5, 0.6) is 5.75 Å². The summed E-state index contributed by atoms with van der Waals surface area (Å²) < 4.78 is 11.5. The van der Waals surface area contributed by atoms with Crippen LogP contribution in [0.25, 0.3) is 0 Å². The highest BCUT2D eigenvalue weighted by molar-refractivity contribution is 9.10. The maximum atomic E-state index is 12.5. The molecule has 0 spiro atoms. The summed E-state index contributed by atoms with van der Waals surface area (Å²) in [6, 6.07) is 23.4. The van der Waals surface area contributed by atoms with Gasteiger partial charge in [-0.25, -0.2) is 10.2 Å². The van der Waals surface area contributed by atoms with Crippen LogP contribution in [0.1, 0.15) is 41.6 Å². The van der Waals surface area contributed by atoms with Crippen molar-refractivity contribution in [1.82, 2.24) is 10.7 Å². The number of hydrazone groups is 1. The van der Waals surface area contributed by atoms with Gasteiger partial charge in [0.25, 0.3) is 0 Å². The van der Waals surface area contributed by atoms with Crippen LogP contribution in [0.4, 0.5) is 4.79 Å². The van der Waals surface area contributed by atoms with Gasteiger partial charge >= 0.3 is 6.09 Å². The van der Waals surface area contributed by atoms with E-state index in [1.165, 1.54) is 6.21 Å². The molecule has 0 aliphatic heterocycles. The van der Waals surface area contributed by atoms with Gasteiger partial charge < -0.3 is 14.8 Å². The van der Waals surface area contributed by atoms with Crippen molar-refractivity contribution in [2.75, 3.05) is 6.61 Å². The van der Waals surface area contributed by atoms with Gasteiger partial charge in [0.15, 0.2) is 0 Å². The average molecular weight is 549 g/mol. The number of ether oxygens (including phenoxy) is 2. The monoisotopic (exact) mass is 548 g/mol. The van der Waals surface area contributed by atoms with Crippen molar-refractivity contribution in [1.29, 1.82) is 5.26 Å². The van der Waals surface area contributed by atoms with E-state index >= 15 is 0 Å². The molecule has 3 aromatic rings. The topological polar surface area (TPSA) is 113 Å². The lowest BCUT2D eigenvalue weighted by Gasteiger charge is -2.18. The third kappa shape index (κ3) is 7.96.